The van der Waals surface area contributed by atoms with Crippen molar-refractivity contribution in [2.45, 2.75) is 56.4 Å². The number of halogens is 3. The van der Waals surface area contributed by atoms with E-state index in [0.29, 0.717) is 12.2 Å². The molecule has 0 spiro atoms. The summed E-state index contributed by atoms with van der Waals surface area (Å²) in [5, 5.41) is 0. The number of ether oxygens (including phenoxy) is 1. The van der Waals surface area contributed by atoms with Crippen molar-refractivity contribution in [2.24, 2.45) is 0 Å². The minimum Gasteiger partial charge on any atom is -0.493 e. The minimum atomic E-state index is -5.37. The largest absolute Gasteiger partial charge is 0.501 e. The molecule has 0 radical (unpaired) electrons. The molecule has 0 heterocycles. The molecular formula is C15H21F3O3S. The highest BCUT2D eigenvalue weighted by Crippen LogP contribution is 2.37. The molecule has 3 nitrogen and oxygen atoms in total. The van der Waals surface area contributed by atoms with E-state index < -0.39 is 20.2 Å². The lowest BCUT2D eigenvalue weighted by Gasteiger charge is -2.23. The van der Waals surface area contributed by atoms with Gasteiger partial charge in [-0.05, 0) is 29.5 Å². The Morgan fingerprint density at radius 2 is 1.73 bits per heavy atom. The van der Waals surface area contributed by atoms with Crippen molar-refractivity contribution in [3.8, 4) is 5.75 Å². The smallest absolute Gasteiger partial charge is 0.493 e. The van der Waals surface area contributed by atoms with Crippen LogP contribution in [0.15, 0.2) is 23.1 Å². The average molecular weight is 338 g/mol. The number of hydrogen-bond donors (Lipinski definition) is 0. The number of rotatable bonds is 5. The van der Waals surface area contributed by atoms with Crippen LogP contribution in [-0.2, 0) is 15.3 Å². The van der Waals surface area contributed by atoms with E-state index in [9.17, 15) is 21.6 Å². The number of unbranched alkanes of at least 4 members (excludes halogenated alkanes) is 1. The van der Waals surface area contributed by atoms with Crippen molar-refractivity contribution in [1.29, 1.82) is 0 Å². The van der Waals surface area contributed by atoms with Crippen molar-refractivity contribution in [3.63, 3.8) is 0 Å². The Bertz CT molecular complexity index is 614. The number of sulfone groups is 1. The maximum atomic E-state index is 12.7. The first-order valence-electron chi connectivity index (χ1n) is 7.00. The fourth-order valence-electron chi connectivity index (χ4n) is 1.87. The molecule has 1 rings (SSSR count). The highest BCUT2D eigenvalue weighted by Gasteiger charge is 2.47. The van der Waals surface area contributed by atoms with E-state index in [2.05, 4.69) is 0 Å². The summed E-state index contributed by atoms with van der Waals surface area (Å²) < 4.78 is 66.5. The molecule has 0 unspecified atom stereocenters. The summed E-state index contributed by atoms with van der Waals surface area (Å²) in [6.45, 7) is 7.93. The lowest BCUT2D eigenvalue weighted by Crippen LogP contribution is -2.24. The Morgan fingerprint density at radius 1 is 1.14 bits per heavy atom. The fraction of sp³-hybridized carbons (Fsp3) is 0.600. The van der Waals surface area contributed by atoms with Gasteiger partial charge in [0.1, 0.15) is 5.75 Å². The van der Waals surface area contributed by atoms with Crippen LogP contribution in [0.4, 0.5) is 13.2 Å². The third-order valence-electron chi connectivity index (χ3n) is 3.13. The molecule has 0 fully saturated rings. The molecule has 0 saturated heterocycles. The van der Waals surface area contributed by atoms with Crippen molar-refractivity contribution in [3.05, 3.63) is 23.8 Å². The summed E-state index contributed by atoms with van der Waals surface area (Å²) in [6, 6.07) is 3.34. The molecule has 1 aromatic carbocycles. The Hall–Kier alpha value is -1.24. The van der Waals surface area contributed by atoms with Crippen LogP contribution in [0.2, 0.25) is 0 Å². The van der Waals surface area contributed by atoms with Crippen LogP contribution >= 0.6 is 0 Å². The van der Waals surface area contributed by atoms with Gasteiger partial charge in [-0.15, -0.1) is 0 Å². The van der Waals surface area contributed by atoms with Gasteiger partial charge >= 0.3 is 5.51 Å². The quantitative estimate of drug-likeness (QED) is 0.745. The minimum absolute atomic E-state index is 0.186. The number of benzene rings is 1. The van der Waals surface area contributed by atoms with Crippen molar-refractivity contribution in [2.75, 3.05) is 6.61 Å². The van der Waals surface area contributed by atoms with Gasteiger partial charge in [0, 0.05) is 0 Å². The summed E-state index contributed by atoms with van der Waals surface area (Å²) in [4.78, 5) is -0.792. The van der Waals surface area contributed by atoms with Gasteiger partial charge in [-0.3, -0.25) is 0 Å². The van der Waals surface area contributed by atoms with Crippen LogP contribution < -0.4 is 4.74 Å². The van der Waals surface area contributed by atoms with E-state index in [0.717, 1.165) is 25.0 Å². The molecule has 126 valence electrons. The second-order valence-corrected chi connectivity index (χ2v) is 8.00. The summed E-state index contributed by atoms with van der Waals surface area (Å²) >= 11 is 0. The molecule has 0 aliphatic heterocycles. The maximum absolute atomic E-state index is 12.7. The van der Waals surface area contributed by atoms with Crippen LogP contribution in [0.1, 0.15) is 46.1 Å². The third kappa shape index (κ3) is 4.15. The van der Waals surface area contributed by atoms with E-state index in [1.165, 1.54) is 6.07 Å². The molecule has 7 heteroatoms. The van der Waals surface area contributed by atoms with Crippen molar-refractivity contribution in [1.82, 2.24) is 0 Å². The normalized spacial score (nSPS) is 13.2. The van der Waals surface area contributed by atoms with E-state index in [-0.39, 0.29) is 11.2 Å². The summed E-state index contributed by atoms with van der Waals surface area (Å²) in [5.41, 5.74) is -5.02. The van der Waals surface area contributed by atoms with Gasteiger partial charge in [0.25, 0.3) is 9.84 Å². The van der Waals surface area contributed by atoms with Gasteiger partial charge in [-0.25, -0.2) is 8.42 Å². The van der Waals surface area contributed by atoms with Crippen LogP contribution in [0.25, 0.3) is 0 Å². The van der Waals surface area contributed by atoms with Gasteiger partial charge < -0.3 is 4.74 Å². The van der Waals surface area contributed by atoms with E-state index in [1.807, 2.05) is 27.7 Å². The molecule has 22 heavy (non-hydrogen) atoms. The van der Waals surface area contributed by atoms with Crippen LogP contribution in [-0.4, -0.2) is 20.5 Å². The SMILES string of the molecule is CCCCOc1cc(S(=O)(=O)C(F)(F)F)ccc1C(C)(C)C. The van der Waals surface area contributed by atoms with E-state index in [4.69, 9.17) is 4.74 Å². The lowest BCUT2D eigenvalue weighted by molar-refractivity contribution is -0.0436. The monoisotopic (exact) mass is 338 g/mol. The van der Waals surface area contributed by atoms with Gasteiger partial charge in [-0.2, -0.15) is 13.2 Å². The Labute approximate surface area is 129 Å². The Balaban J connectivity index is 3.34. The zero-order valence-electron chi connectivity index (χ0n) is 13.1. The third-order valence-corrected chi connectivity index (χ3v) is 4.62. The molecule has 0 aliphatic rings. The predicted octanol–water partition coefficient (Wildman–Crippen LogP) is 4.46. The van der Waals surface area contributed by atoms with Gasteiger partial charge in [0.15, 0.2) is 0 Å². The van der Waals surface area contributed by atoms with E-state index >= 15 is 0 Å². The molecule has 0 N–H and O–H groups in total. The second kappa shape index (κ2) is 6.48. The topological polar surface area (TPSA) is 43.4 Å². The molecule has 0 saturated carbocycles. The first-order chi connectivity index (χ1) is 9.91. The summed E-state index contributed by atoms with van der Waals surface area (Å²) in [6.07, 6.45) is 1.60. The molecule has 0 bridgehead atoms. The van der Waals surface area contributed by atoms with Crippen molar-refractivity contribution >= 4 is 9.84 Å². The molecule has 0 aliphatic carbocycles. The molecule has 0 aromatic heterocycles. The predicted molar refractivity (Wildman–Crippen MR) is 78.8 cm³/mol. The summed E-state index contributed by atoms with van der Waals surface area (Å²) in [5.74, 6) is 0.186. The maximum Gasteiger partial charge on any atom is 0.501 e. The van der Waals surface area contributed by atoms with Crippen LogP contribution in [0, 0.1) is 0 Å². The highest BCUT2D eigenvalue weighted by molar-refractivity contribution is 7.92. The molecule has 0 amide bonds. The fourth-order valence-corrected chi connectivity index (χ4v) is 2.65. The number of alkyl halides is 3. The van der Waals surface area contributed by atoms with Gasteiger partial charge in [0.05, 0.1) is 11.5 Å². The molecular weight excluding hydrogens is 317 g/mol. The molecule has 1 aromatic rings. The summed E-state index contributed by atoms with van der Waals surface area (Å²) in [7, 11) is -5.37. The van der Waals surface area contributed by atoms with Gasteiger partial charge in [-0.1, -0.05) is 40.2 Å². The van der Waals surface area contributed by atoms with Crippen molar-refractivity contribution < 1.29 is 26.3 Å². The molecule has 0 atom stereocenters. The Morgan fingerprint density at radius 3 is 2.18 bits per heavy atom. The average Bonchev–Trinajstić information content (AvgIpc) is 2.36. The van der Waals surface area contributed by atoms with Crippen LogP contribution in [0.5, 0.6) is 5.75 Å². The lowest BCUT2D eigenvalue weighted by atomic mass is 9.86. The Kier molecular flexibility index (Phi) is 5.54. The number of hydrogen-bond acceptors (Lipinski definition) is 3. The zero-order chi connectivity index (χ0) is 17.2. The second-order valence-electron chi connectivity index (χ2n) is 6.06. The first kappa shape index (κ1) is 18.8. The zero-order valence-corrected chi connectivity index (χ0v) is 13.9. The first-order valence-corrected chi connectivity index (χ1v) is 8.48. The standard InChI is InChI=1S/C15H21F3O3S/c1-5-6-9-21-13-10-11(22(19,20)15(16,17)18)7-8-12(13)14(2,3)4/h7-8,10H,5-6,9H2,1-4H3. The van der Waals surface area contributed by atoms with Gasteiger partial charge in [0.2, 0.25) is 0 Å². The van der Waals surface area contributed by atoms with E-state index in [1.54, 1.807) is 0 Å². The van der Waals surface area contributed by atoms with Crippen LogP contribution in [0.3, 0.4) is 0 Å². The highest BCUT2D eigenvalue weighted by atomic mass is 32.2.